The Morgan fingerprint density at radius 2 is 2.14 bits per heavy atom. The summed E-state index contributed by atoms with van der Waals surface area (Å²) in [5.74, 6) is -0.0331. The maximum atomic E-state index is 11.2. The van der Waals surface area contributed by atoms with Crippen LogP contribution in [0.4, 0.5) is 5.82 Å². The van der Waals surface area contributed by atoms with Crippen LogP contribution in [0.5, 0.6) is 0 Å². The highest BCUT2D eigenvalue weighted by molar-refractivity contribution is 7.88. The zero-order chi connectivity index (χ0) is 15.9. The number of primary sulfonamides is 1. The van der Waals surface area contributed by atoms with Gasteiger partial charge in [-0.15, -0.1) is 0 Å². The van der Waals surface area contributed by atoms with E-state index in [2.05, 4.69) is 15.0 Å². The lowest BCUT2D eigenvalue weighted by Gasteiger charge is -2.11. The van der Waals surface area contributed by atoms with Crippen molar-refractivity contribution in [1.29, 1.82) is 5.41 Å². The molecule has 0 aliphatic heterocycles. The number of fused-ring (bicyclic) bond motifs is 1. The number of nitrogens with zero attached hydrogens (tertiary/aromatic N) is 3. The van der Waals surface area contributed by atoms with Crippen LogP contribution in [0, 0.1) is 5.41 Å². The molecule has 0 aliphatic carbocycles. The molecule has 0 spiro atoms. The van der Waals surface area contributed by atoms with Gasteiger partial charge in [0.05, 0.1) is 17.8 Å². The minimum Gasteiger partial charge on any atom is -0.383 e. The van der Waals surface area contributed by atoms with Crippen LogP contribution in [-0.4, -0.2) is 27.9 Å². The number of imidazole rings is 1. The third-order valence-electron chi connectivity index (χ3n) is 3.08. The van der Waals surface area contributed by atoms with Crippen LogP contribution in [0.1, 0.15) is 5.56 Å². The second-order valence-corrected chi connectivity index (χ2v) is 6.35. The highest BCUT2D eigenvalue weighted by Gasteiger charge is 2.12. The van der Waals surface area contributed by atoms with Gasteiger partial charge < -0.3 is 10.7 Å². The summed E-state index contributed by atoms with van der Waals surface area (Å²) in [4.78, 5) is 10.9. The number of sulfonamides is 1. The Morgan fingerprint density at radius 3 is 2.86 bits per heavy atom. The molecule has 9 nitrogen and oxygen atoms in total. The molecule has 6 N–H and O–H groups in total. The van der Waals surface area contributed by atoms with Crippen molar-refractivity contribution in [2.45, 2.75) is 5.75 Å². The lowest BCUT2D eigenvalue weighted by Crippen LogP contribution is -2.24. The third kappa shape index (κ3) is 2.56. The number of rotatable bonds is 3. The summed E-state index contributed by atoms with van der Waals surface area (Å²) in [6.07, 6.45) is 1.44. The predicted molar refractivity (Wildman–Crippen MR) is 80.3 cm³/mol. The first-order valence-electron chi connectivity index (χ1n) is 6.21. The van der Waals surface area contributed by atoms with Crippen molar-refractivity contribution in [3.05, 3.63) is 41.8 Å². The molecular weight excluding hydrogens is 306 g/mol. The number of anilines is 1. The van der Waals surface area contributed by atoms with Crippen molar-refractivity contribution < 1.29 is 8.42 Å². The fourth-order valence-corrected chi connectivity index (χ4v) is 2.86. The number of nitrogens with one attached hydrogen (secondary N) is 2. The zero-order valence-corrected chi connectivity index (χ0v) is 12.1. The summed E-state index contributed by atoms with van der Waals surface area (Å²) in [7, 11) is -3.64. The molecule has 0 amide bonds. The number of nitrogens with two attached hydrogens (primary N) is 2. The van der Waals surface area contributed by atoms with Crippen LogP contribution in [0.15, 0.2) is 30.6 Å². The molecule has 114 valence electrons. The van der Waals surface area contributed by atoms with E-state index in [1.807, 2.05) is 0 Å². The van der Waals surface area contributed by atoms with Gasteiger partial charge in [0.25, 0.3) is 0 Å². The fraction of sp³-hybridized carbons (Fsp3) is 0.0833. The molecule has 10 heteroatoms. The van der Waals surface area contributed by atoms with E-state index in [-0.39, 0.29) is 17.2 Å². The summed E-state index contributed by atoms with van der Waals surface area (Å²) in [5.41, 5.74) is 7.83. The Kier molecular flexibility index (Phi) is 3.19. The van der Waals surface area contributed by atoms with E-state index in [0.29, 0.717) is 22.4 Å². The van der Waals surface area contributed by atoms with Gasteiger partial charge in [-0.1, -0.05) is 12.1 Å². The smallest absolute Gasteiger partial charge is 0.230 e. The Balaban J connectivity index is 2.19. The summed E-state index contributed by atoms with van der Waals surface area (Å²) in [5, 5.41) is 13.0. The highest BCUT2D eigenvalue weighted by Crippen LogP contribution is 2.18. The van der Waals surface area contributed by atoms with E-state index in [4.69, 9.17) is 16.3 Å². The zero-order valence-electron chi connectivity index (χ0n) is 11.3. The number of aromatic nitrogens is 4. The van der Waals surface area contributed by atoms with E-state index in [1.165, 1.54) is 10.9 Å². The first-order chi connectivity index (χ1) is 10.3. The minimum atomic E-state index is -3.64. The molecule has 0 atom stereocenters. The Labute approximate surface area is 125 Å². The molecule has 0 radical (unpaired) electrons. The highest BCUT2D eigenvalue weighted by atomic mass is 32.2. The Morgan fingerprint density at radius 1 is 1.36 bits per heavy atom. The van der Waals surface area contributed by atoms with Crippen LogP contribution < -0.4 is 16.5 Å². The van der Waals surface area contributed by atoms with Crippen LogP contribution in [0.3, 0.4) is 0 Å². The van der Waals surface area contributed by atoms with E-state index < -0.39 is 10.0 Å². The molecule has 22 heavy (non-hydrogen) atoms. The van der Waals surface area contributed by atoms with Crippen LogP contribution >= 0.6 is 0 Å². The van der Waals surface area contributed by atoms with Crippen LogP contribution in [0.2, 0.25) is 0 Å². The normalized spacial score (nSPS) is 11.9. The van der Waals surface area contributed by atoms with E-state index >= 15 is 0 Å². The van der Waals surface area contributed by atoms with Crippen molar-refractivity contribution in [3.63, 3.8) is 0 Å². The number of H-pyrrole nitrogens is 1. The maximum Gasteiger partial charge on any atom is 0.230 e. The second kappa shape index (κ2) is 4.93. The Bertz CT molecular complexity index is 1020. The van der Waals surface area contributed by atoms with Gasteiger partial charge in [0, 0.05) is 0 Å². The van der Waals surface area contributed by atoms with Crippen molar-refractivity contribution in [3.8, 4) is 5.69 Å². The van der Waals surface area contributed by atoms with Crippen LogP contribution in [-0.2, 0) is 15.8 Å². The summed E-state index contributed by atoms with van der Waals surface area (Å²) >= 11 is 0. The van der Waals surface area contributed by atoms with Gasteiger partial charge in [-0.25, -0.2) is 18.5 Å². The predicted octanol–water partition coefficient (Wildman–Crippen LogP) is -0.401. The number of aromatic amines is 1. The number of hydrogen-bond donors (Lipinski definition) is 4. The monoisotopic (exact) mass is 319 g/mol. The summed E-state index contributed by atoms with van der Waals surface area (Å²) in [6, 6.07) is 6.60. The molecular formula is C12H13N7O2S. The standard InChI is InChI=1S/C12H13N7O2S/c13-10-9-11(17-6-16-9)18-12(14)19(10)8-3-1-2-7(4-8)5-22(15,20)21/h1-4,6H,5,13H2,(H2,15,20,21)(H2,14,16,17,18). The lowest BCUT2D eigenvalue weighted by atomic mass is 10.2. The molecule has 0 saturated heterocycles. The van der Waals surface area contributed by atoms with E-state index in [9.17, 15) is 8.42 Å². The second-order valence-electron chi connectivity index (χ2n) is 4.73. The SMILES string of the molecule is N=c1nc2nc[nH]c2c(N)n1-c1cccc(CS(N)(=O)=O)c1. The molecule has 2 heterocycles. The molecule has 0 aliphatic rings. The molecule has 2 aromatic heterocycles. The van der Waals surface area contributed by atoms with Gasteiger partial charge in [0.1, 0.15) is 11.3 Å². The average Bonchev–Trinajstić information content (AvgIpc) is 2.85. The molecule has 0 unspecified atom stereocenters. The number of nitrogen functional groups attached to an aromatic ring is 1. The fourth-order valence-electron chi connectivity index (χ4n) is 2.22. The lowest BCUT2D eigenvalue weighted by molar-refractivity contribution is 0.597. The Hall–Kier alpha value is -2.72. The molecule has 0 bridgehead atoms. The van der Waals surface area contributed by atoms with Crippen molar-refractivity contribution >= 4 is 27.0 Å². The van der Waals surface area contributed by atoms with E-state index in [0.717, 1.165) is 0 Å². The maximum absolute atomic E-state index is 11.2. The van der Waals surface area contributed by atoms with Gasteiger partial charge >= 0.3 is 0 Å². The number of hydrogen-bond acceptors (Lipinski definition) is 6. The molecule has 3 rings (SSSR count). The first-order valence-corrected chi connectivity index (χ1v) is 7.93. The third-order valence-corrected chi connectivity index (χ3v) is 3.81. The van der Waals surface area contributed by atoms with Gasteiger partial charge in [0.2, 0.25) is 15.6 Å². The van der Waals surface area contributed by atoms with Gasteiger partial charge in [-0.05, 0) is 17.7 Å². The summed E-state index contributed by atoms with van der Waals surface area (Å²) in [6.45, 7) is 0. The molecule has 0 saturated carbocycles. The van der Waals surface area contributed by atoms with Gasteiger partial charge in [0.15, 0.2) is 5.65 Å². The van der Waals surface area contributed by atoms with Crippen molar-refractivity contribution in [1.82, 2.24) is 19.5 Å². The molecule has 3 aromatic rings. The number of benzene rings is 1. The van der Waals surface area contributed by atoms with Gasteiger partial charge in [-0.2, -0.15) is 4.98 Å². The average molecular weight is 319 g/mol. The van der Waals surface area contributed by atoms with Crippen LogP contribution in [0.25, 0.3) is 16.9 Å². The first kappa shape index (κ1) is 14.2. The van der Waals surface area contributed by atoms with E-state index in [1.54, 1.807) is 24.3 Å². The van der Waals surface area contributed by atoms with Crippen molar-refractivity contribution in [2.24, 2.45) is 5.14 Å². The largest absolute Gasteiger partial charge is 0.383 e. The van der Waals surface area contributed by atoms with Gasteiger partial charge in [-0.3, -0.25) is 9.98 Å². The quantitative estimate of drug-likeness (QED) is 0.516. The summed E-state index contributed by atoms with van der Waals surface area (Å²) < 4.78 is 23.8. The molecule has 0 fully saturated rings. The topological polar surface area (TPSA) is 157 Å². The minimum absolute atomic E-state index is 0.107. The van der Waals surface area contributed by atoms with Crippen molar-refractivity contribution in [2.75, 3.05) is 5.73 Å². The molecule has 1 aromatic carbocycles.